The lowest BCUT2D eigenvalue weighted by molar-refractivity contribution is -0.123. The monoisotopic (exact) mass is 389 g/mol. The third kappa shape index (κ3) is 4.93. The van der Waals surface area contributed by atoms with E-state index in [2.05, 4.69) is 22.3 Å². The number of likely N-dealkylation sites (tertiary alicyclic amines) is 1. The smallest absolute Gasteiger partial charge is 0.303 e. The molecule has 0 saturated carbocycles. The van der Waals surface area contributed by atoms with Crippen molar-refractivity contribution in [3.8, 4) is 0 Å². The highest BCUT2D eigenvalue weighted by molar-refractivity contribution is 6.13. The average Bonchev–Trinajstić information content (AvgIpc) is 2.91. The van der Waals surface area contributed by atoms with Crippen LogP contribution in [0.25, 0.3) is 6.08 Å². The number of nitrogens with one attached hydrogen (secondary N) is 1. The molecule has 2 fully saturated rings. The van der Waals surface area contributed by atoms with Crippen molar-refractivity contribution in [1.29, 1.82) is 0 Å². The Hall–Kier alpha value is -2.92. The zero-order valence-electron chi connectivity index (χ0n) is 16.6. The Morgan fingerprint density at radius 1 is 0.828 bits per heavy atom. The number of hydrogen-bond donors (Lipinski definition) is 1. The van der Waals surface area contributed by atoms with Crippen LogP contribution in [0, 0.1) is 0 Å². The van der Waals surface area contributed by atoms with Crippen molar-refractivity contribution >= 4 is 18.0 Å². The van der Waals surface area contributed by atoms with Gasteiger partial charge in [0.25, 0.3) is 5.91 Å². The second-order valence-corrected chi connectivity index (χ2v) is 7.80. The molecule has 5 nitrogen and oxygen atoms in total. The number of hydrogen-bond acceptors (Lipinski definition) is 3. The molecule has 0 aliphatic carbocycles. The summed E-state index contributed by atoms with van der Waals surface area (Å²) in [7, 11) is 0. The fourth-order valence-electron chi connectivity index (χ4n) is 3.98. The first-order chi connectivity index (χ1) is 14.2. The molecule has 0 radical (unpaired) electrons. The molecule has 0 aromatic heterocycles. The van der Waals surface area contributed by atoms with Gasteiger partial charge in [0, 0.05) is 6.54 Å². The molecule has 150 valence electrons. The van der Waals surface area contributed by atoms with Gasteiger partial charge in [0.1, 0.15) is 5.70 Å². The van der Waals surface area contributed by atoms with Crippen molar-refractivity contribution in [2.24, 2.45) is 0 Å². The van der Waals surface area contributed by atoms with Gasteiger partial charge in [-0.2, -0.15) is 0 Å². The molecule has 0 unspecified atom stereocenters. The Kier molecular flexibility index (Phi) is 6.06. The fraction of sp³-hybridized carbons (Fsp3) is 0.333. The average molecular weight is 389 g/mol. The van der Waals surface area contributed by atoms with Crippen molar-refractivity contribution in [2.45, 2.75) is 38.8 Å². The Bertz CT molecular complexity index is 899. The molecule has 0 bridgehead atoms. The highest BCUT2D eigenvalue weighted by Gasteiger charge is 2.33. The van der Waals surface area contributed by atoms with E-state index in [9.17, 15) is 9.59 Å². The van der Waals surface area contributed by atoms with Crippen LogP contribution in [0.3, 0.4) is 0 Å². The van der Waals surface area contributed by atoms with Gasteiger partial charge in [-0.1, -0.05) is 67.4 Å². The lowest BCUT2D eigenvalue weighted by Crippen LogP contribution is -2.30. The van der Waals surface area contributed by atoms with E-state index >= 15 is 0 Å². The van der Waals surface area contributed by atoms with Gasteiger partial charge >= 0.3 is 6.03 Å². The molecule has 4 rings (SSSR count). The largest absolute Gasteiger partial charge is 0.329 e. The van der Waals surface area contributed by atoms with Crippen LogP contribution in [0.15, 0.2) is 60.3 Å². The van der Waals surface area contributed by atoms with Gasteiger partial charge in [0.15, 0.2) is 0 Å². The Labute approximate surface area is 172 Å². The minimum absolute atomic E-state index is 0.276. The first kappa shape index (κ1) is 19.4. The number of benzene rings is 2. The number of rotatable bonds is 5. The Morgan fingerprint density at radius 2 is 1.55 bits per heavy atom. The van der Waals surface area contributed by atoms with E-state index < -0.39 is 0 Å². The van der Waals surface area contributed by atoms with E-state index in [0.29, 0.717) is 5.70 Å². The first-order valence-electron chi connectivity index (χ1n) is 10.4. The van der Waals surface area contributed by atoms with Crippen LogP contribution in [-0.4, -0.2) is 34.8 Å². The fourth-order valence-corrected chi connectivity index (χ4v) is 3.98. The van der Waals surface area contributed by atoms with E-state index in [-0.39, 0.29) is 18.5 Å². The van der Waals surface area contributed by atoms with Crippen molar-refractivity contribution in [1.82, 2.24) is 15.1 Å². The molecule has 0 atom stereocenters. The van der Waals surface area contributed by atoms with Crippen molar-refractivity contribution in [3.63, 3.8) is 0 Å². The number of carbonyl (C=O) groups excluding carboxylic acids is 2. The molecule has 2 aliphatic heterocycles. The molecule has 1 N–H and O–H groups in total. The molecule has 2 heterocycles. The highest BCUT2D eigenvalue weighted by Crippen LogP contribution is 2.19. The summed E-state index contributed by atoms with van der Waals surface area (Å²) in [4.78, 5) is 28.8. The predicted octanol–water partition coefficient (Wildman–Crippen LogP) is 4.16. The summed E-state index contributed by atoms with van der Waals surface area (Å²) in [6, 6.07) is 17.4. The third-order valence-corrected chi connectivity index (χ3v) is 5.51. The molecular formula is C24H27N3O2. The van der Waals surface area contributed by atoms with Crippen LogP contribution in [-0.2, 0) is 17.9 Å². The number of carbonyl (C=O) groups is 2. The Morgan fingerprint density at radius 3 is 2.31 bits per heavy atom. The summed E-state index contributed by atoms with van der Waals surface area (Å²) in [5.41, 5.74) is 3.43. The zero-order chi connectivity index (χ0) is 20.1. The van der Waals surface area contributed by atoms with Gasteiger partial charge in [-0.05, 0) is 48.7 Å². The highest BCUT2D eigenvalue weighted by atomic mass is 16.2. The van der Waals surface area contributed by atoms with E-state index in [4.69, 9.17) is 0 Å². The van der Waals surface area contributed by atoms with Crippen LogP contribution in [0.2, 0.25) is 0 Å². The van der Waals surface area contributed by atoms with Crippen LogP contribution in [0.1, 0.15) is 42.4 Å². The van der Waals surface area contributed by atoms with E-state index in [1.54, 1.807) is 6.08 Å². The minimum atomic E-state index is -0.370. The van der Waals surface area contributed by atoms with E-state index in [1.807, 2.05) is 42.5 Å². The summed E-state index contributed by atoms with van der Waals surface area (Å²) in [6.45, 7) is 3.50. The normalized spacial score (nSPS) is 19.4. The standard InChI is InChI=1S/C24H27N3O2/c28-23-22(25-24(29)27(23)18-19-9-4-3-5-10-19)16-20-11-8-12-21(15-20)17-26-13-6-1-2-7-14-26/h3-5,8-12,15-16H,1-2,6-7,13-14,17-18H2,(H,25,29). The topological polar surface area (TPSA) is 52.7 Å². The van der Waals surface area contributed by atoms with Gasteiger partial charge in [-0.3, -0.25) is 14.6 Å². The third-order valence-electron chi connectivity index (χ3n) is 5.51. The second-order valence-electron chi connectivity index (χ2n) is 7.80. The number of imide groups is 1. The van der Waals surface area contributed by atoms with E-state index in [1.165, 1.54) is 36.1 Å². The van der Waals surface area contributed by atoms with Gasteiger partial charge in [0.05, 0.1) is 6.54 Å². The lowest BCUT2D eigenvalue weighted by Gasteiger charge is -2.19. The first-order valence-corrected chi connectivity index (χ1v) is 10.4. The van der Waals surface area contributed by atoms with Gasteiger partial charge in [0.2, 0.25) is 0 Å². The molecule has 2 saturated heterocycles. The van der Waals surface area contributed by atoms with Crippen molar-refractivity contribution < 1.29 is 9.59 Å². The zero-order valence-corrected chi connectivity index (χ0v) is 16.6. The molecule has 29 heavy (non-hydrogen) atoms. The number of amides is 3. The van der Waals surface area contributed by atoms with Crippen LogP contribution < -0.4 is 5.32 Å². The van der Waals surface area contributed by atoms with Gasteiger partial charge < -0.3 is 5.32 Å². The maximum absolute atomic E-state index is 12.7. The summed E-state index contributed by atoms with van der Waals surface area (Å²) in [5, 5.41) is 2.72. The minimum Gasteiger partial charge on any atom is -0.303 e. The second kappa shape index (κ2) is 9.05. The summed E-state index contributed by atoms with van der Waals surface area (Å²) < 4.78 is 0. The molecular weight excluding hydrogens is 362 g/mol. The van der Waals surface area contributed by atoms with Crippen LogP contribution >= 0.6 is 0 Å². The van der Waals surface area contributed by atoms with E-state index in [0.717, 1.165) is 30.8 Å². The van der Waals surface area contributed by atoms with Crippen molar-refractivity contribution in [3.05, 3.63) is 77.0 Å². The lowest BCUT2D eigenvalue weighted by atomic mass is 10.1. The number of nitrogens with zero attached hydrogens (tertiary/aromatic N) is 2. The maximum atomic E-state index is 12.7. The maximum Gasteiger partial charge on any atom is 0.329 e. The quantitative estimate of drug-likeness (QED) is 0.617. The Balaban J connectivity index is 1.46. The molecule has 5 heteroatoms. The SMILES string of the molecule is O=C1NC(=Cc2cccc(CN3CCCCCC3)c2)C(=O)N1Cc1ccccc1. The molecule has 0 spiro atoms. The molecule has 2 aliphatic rings. The number of urea groups is 1. The van der Waals surface area contributed by atoms with Crippen molar-refractivity contribution in [2.75, 3.05) is 13.1 Å². The predicted molar refractivity (Wildman–Crippen MR) is 114 cm³/mol. The van der Waals surface area contributed by atoms with Crippen LogP contribution in [0.5, 0.6) is 0 Å². The van der Waals surface area contributed by atoms with Crippen LogP contribution in [0.4, 0.5) is 4.79 Å². The van der Waals surface area contributed by atoms with Gasteiger partial charge in [-0.15, -0.1) is 0 Å². The summed E-state index contributed by atoms with van der Waals surface area (Å²) in [5.74, 6) is -0.281. The summed E-state index contributed by atoms with van der Waals surface area (Å²) in [6.07, 6.45) is 6.95. The molecule has 2 aromatic carbocycles. The molecule has 3 amide bonds. The van der Waals surface area contributed by atoms with Gasteiger partial charge in [-0.25, -0.2) is 4.79 Å². The summed E-state index contributed by atoms with van der Waals surface area (Å²) >= 11 is 0. The molecule has 2 aromatic rings.